The maximum absolute atomic E-state index is 13.9. The largest absolute Gasteiger partial charge is 0.493 e. The number of nitrogens with zero attached hydrogens (tertiary/aromatic N) is 1. The molecule has 0 N–H and O–H groups in total. The van der Waals surface area contributed by atoms with E-state index in [1.807, 2.05) is 0 Å². The smallest absolute Gasteiger partial charge is 0.293 e. The molecule has 2 amide bonds. The van der Waals surface area contributed by atoms with Crippen LogP contribution in [-0.2, 0) is 17.9 Å². The van der Waals surface area contributed by atoms with E-state index in [1.165, 1.54) is 18.1 Å². The van der Waals surface area contributed by atoms with E-state index in [0.717, 1.165) is 17.3 Å². The quantitative estimate of drug-likeness (QED) is 0.288. The molecule has 0 atom stereocenters. The second kappa shape index (κ2) is 10.6. The summed E-state index contributed by atoms with van der Waals surface area (Å²) in [6.45, 7) is 0.155. The van der Waals surface area contributed by atoms with Gasteiger partial charge in [0.1, 0.15) is 12.4 Å². The molecular formula is C25H18BrClFNO4S. The standard InChI is InChI=1S/C25H18BrClFNO4S/c1-32-21-11-16(10-19(26)23(21)33-14-17-6-2-3-8-20(17)28)12-22-24(30)29(25(31)34-22)13-15-5-4-7-18(27)9-15/h2-12H,13-14H2,1H3/b22-12-. The molecule has 9 heteroatoms. The van der Waals surface area contributed by atoms with Gasteiger partial charge in [0.15, 0.2) is 11.5 Å². The molecule has 0 spiro atoms. The molecule has 5 nitrogen and oxygen atoms in total. The number of hydrogen-bond acceptors (Lipinski definition) is 5. The molecule has 34 heavy (non-hydrogen) atoms. The van der Waals surface area contributed by atoms with Crippen LogP contribution in [0, 0.1) is 5.82 Å². The van der Waals surface area contributed by atoms with E-state index in [1.54, 1.807) is 60.7 Å². The Morgan fingerprint density at radius 1 is 1.12 bits per heavy atom. The van der Waals surface area contributed by atoms with Gasteiger partial charge in [-0.15, -0.1) is 0 Å². The minimum Gasteiger partial charge on any atom is -0.493 e. The van der Waals surface area contributed by atoms with Crippen LogP contribution >= 0.6 is 39.3 Å². The van der Waals surface area contributed by atoms with E-state index in [0.29, 0.717) is 37.0 Å². The molecule has 0 unspecified atom stereocenters. The number of carbonyl (C=O) groups is 2. The monoisotopic (exact) mass is 561 g/mol. The van der Waals surface area contributed by atoms with Gasteiger partial charge in [-0.3, -0.25) is 14.5 Å². The third-order valence-corrected chi connectivity index (χ3v) is 6.71. The normalized spacial score (nSPS) is 14.7. The summed E-state index contributed by atoms with van der Waals surface area (Å²) in [4.78, 5) is 26.8. The van der Waals surface area contributed by atoms with Crippen molar-refractivity contribution in [2.24, 2.45) is 0 Å². The maximum Gasteiger partial charge on any atom is 0.293 e. The second-order valence-electron chi connectivity index (χ2n) is 7.31. The Bertz CT molecular complexity index is 1300. The molecule has 0 aliphatic carbocycles. The van der Waals surface area contributed by atoms with E-state index in [-0.39, 0.29) is 30.1 Å². The fourth-order valence-electron chi connectivity index (χ4n) is 3.33. The summed E-state index contributed by atoms with van der Waals surface area (Å²) >= 11 is 10.3. The van der Waals surface area contributed by atoms with Crippen LogP contribution in [0.3, 0.4) is 0 Å². The van der Waals surface area contributed by atoms with Crippen molar-refractivity contribution < 1.29 is 23.5 Å². The highest BCUT2D eigenvalue weighted by molar-refractivity contribution is 9.10. The lowest BCUT2D eigenvalue weighted by molar-refractivity contribution is -0.123. The highest BCUT2D eigenvalue weighted by Crippen LogP contribution is 2.40. The molecule has 1 aliphatic heterocycles. The van der Waals surface area contributed by atoms with Gasteiger partial charge < -0.3 is 9.47 Å². The van der Waals surface area contributed by atoms with Gasteiger partial charge >= 0.3 is 0 Å². The molecule has 0 radical (unpaired) electrons. The van der Waals surface area contributed by atoms with Crippen LogP contribution in [0.15, 0.2) is 70.0 Å². The lowest BCUT2D eigenvalue weighted by atomic mass is 10.1. The molecule has 1 aliphatic rings. The lowest BCUT2D eigenvalue weighted by Crippen LogP contribution is -2.27. The van der Waals surface area contributed by atoms with Crippen LogP contribution in [0.4, 0.5) is 9.18 Å². The summed E-state index contributed by atoms with van der Waals surface area (Å²) in [6, 6.07) is 16.8. The number of methoxy groups -OCH3 is 1. The number of ether oxygens (including phenoxy) is 2. The van der Waals surface area contributed by atoms with Gasteiger partial charge in [0, 0.05) is 10.6 Å². The zero-order valence-electron chi connectivity index (χ0n) is 17.9. The molecular weight excluding hydrogens is 545 g/mol. The highest BCUT2D eigenvalue weighted by atomic mass is 79.9. The number of rotatable bonds is 7. The summed E-state index contributed by atoms with van der Waals surface area (Å²) in [5, 5.41) is 0.182. The van der Waals surface area contributed by atoms with Gasteiger partial charge in [0.2, 0.25) is 0 Å². The van der Waals surface area contributed by atoms with Gasteiger partial charge in [-0.25, -0.2) is 4.39 Å². The van der Waals surface area contributed by atoms with Crippen LogP contribution < -0.4 is 9.47 Å². The van der Waals surface area contributed by atoms with E-state index < -0.39 is 0 Å². The molecule has 0 aromatic heterocycles. The molecule has 1 fully saturated rings. The van der Waals surface area contributed by atoms with Gasteiger partial charge in [-0.2, -0.15) is 0 Å². The highest BCUT2D eigenvalue weighted by Gasteiger charge is 2.35. The Morgan fingerprint density at radius 2 is 1.91 bits per heavy atom. The second-order valence-corrected chi connectivity index (χ2v) is 9.60. The number of carbonyl (C=O) groups excluding carboxylic acids is 2. The Balaban J connectivity index is 1.54. The first kappa shape index (κ1) is 24.3. The lowest BCUT2D eigenvalue weighted by Gasteiger charge is -2.14. The fraction of sp³-hybridized carbons (Fsp3) is 0.120. The molecule has 1 heterocycles. The van der Waals surface area contributed by atoms with E-state index in [4.69, 9.17) is 21.1 Å². The summed E-state index contributed by atoms with van der Waals surface area (Å²) in [5.41, 5.74) is 1.81. The van der Waals surface area contributed by atoms with Crippen molar-refractivity contribution in [1.82, 2.24) is 4.90 Å². The number of hydrogen-bond donors (Lipinski definition) is 0. The summed E-state index contributed by atoms with van der Waals surface area (Å²) in [6.07, 6.45) is 1.62. The summed E-state index contributed by atoms with van der Waals surface area (Å²) in [5.74, 6) is 0.0553. The van der Waals surface area contributed by atoms with Crippen LogP contribution in [0.25, 0.3) is 6.08 Å². The van der Waals surface area contributed by atoms with Gasteiger partial charge in [-0.1, -0.05) is 41.9 Å². The average molecular weight is 563 g/mol. The molecule has 4 rings (SSSR count). The Morgan fingerprint density at radius 3 is 2.65 bits per heavy atom. The van der Waals surface area contributed by atoms with Gasteiger partial charge in [0.05, 0.1) is 23.0 Å². The predicted molar refractivity (Wildman–Crippen MR) is 134 cm³/mol. The summed E-state index contributed by atoms with van der Waals surface area (Å²) in [7, 11) is 1.49. The summed E-state index contributed by atoms with van der Waals surface area (Å²) < 4.78 is 25.7. The van der Waals surface area contributed by atoms with E-state index in [2.05, 4.69) is 15.9 Å². The first-order chi connectivity index (χ1) is 16.4. The maximum atomic E-state index is 13.9. The number of imide groups is 1. The predicted octanol–water partition coefficient (Wildman–Crippen LogP) is 7.07. The van der Waals surface area contributed by atoms with Crippen molar-refractivity contribution in [2.75, 3.05) is 7.11 Å². The molecule has 174 valence electrons. The van der Waals surface area contributed by atoms with Crippen LogP contribution in [0.5, 0.6) is 11.5 Å². The van der Waals surface area contributed by atoms with Crippen molar-refractivity contribution in [3.8, 4) is 11.5 Å². The van der Waals surface area contributed by atoms with Crippen LogP contribution in [-0.4, -0.2) is 23.2 Å². The number of benzene rings is 3. The third kappa shape index (κ3) is 5.46. The van der Waals surface area contributed by atoms with Crippen LogP contribution in [0.1, 0.15) is 16.7 Å². The average Bonchev–Trinajstić information content (AvgIpc) is 3.06. The van der Waals surface area contributed by atoms with E-state index >= 15 is 0 Å². The minimum atomic E-state index is -0.384. The van der Waals surface area contributed by atoms with Crippen molar-refractivity contribution in [2.45, 2.75) is 13.2 Å². The topological polar surface area (TPSA) is 55.8 Å². The van der Waals surface area contributed by atoms with Crippen molar-refractivity contribution >= 4 is 56.5 Å². The molecule has 1 saturated heterocycles. The number of amides is 2. The molecule has 0 saturated carbocycles. The molecule has 3 aromatic carbocycles. The first-order valence-corrected chi connectivity index (χ1v) is 12.1. The number of halogens is 3. The Hall–Kier alpha value is -2.81. The van der Waals surface area contributed by atoms with Crippen molar-refractivity contribution in [3.63, 3.8) is 0 Å². The zero-order valence-corrected chi connectivity index (χ0v) is 21.0. The Kier molecular flexibility index (Phi) is 7.60. The first-order valence-electron chi connectivity index (χ1n) is 10.1. The molecule has 0 bridgehead atoms. The van der Waals surface area contributed by atoms with E-state index in [9.17, 15) is 14.0 Å². The van der Waals surface area contributed by atoms with Crippen molar-refractivity contribution in [1.29, 1.82) is 0 Å². The third-order valence-electron chi connectivity index (χ3n) is 4.98. The SMILES string of the molecule is COc1cc(/C=C2\SC(=O)N(Cc3cccc(Cl)c3)C2=O)cc(Br)c1OCc1ccccc1F. The van der Waals surface area contributed by atoms with Crippen molar-refractivity contribution in [3.05, 3.63) is 97.6 Å². The number of thioether (sulfide) groups is 1. The minimum absolute atomic E-state index is 0.0172. The van der Waals surface area contributed by atoms with Gasteiger partial charge in [0.25, 0.3) is 11.1 Å². The van der Waals surface area contributed by atoms with Crippen LogP contribution in [0.2, 0.25) is 5.02 Å². The van der Waals surface area contributed by atoms with Gasteiger partial charge in [-0.05, 0) is 75.2 Å². The zero-order chi connectivity index (χ0) is 24.2. The fourth-order valence-corrected chi connectivity index (χ4v) is 4.96. The Labute approximate surface area is 213 Å². The molecule has 3 aromatic rings.